The van der Waals surface area contributed by atoms with Gasteiger partial charge in [0.1, 0.15) is 5.75 Å². The summed E-state index contributed by atoms with van der Waals surface area (Å²) in [5, 5.41) is 22.8. The number of carbonyl (C=O) groups excluding carboxylic acids is 3. The first-order chi connectivity index (χ1) is 16.3. The van der Waals surface area contributed by atoms with Crippen LogP contribution in [-0.4, -0.2) is 90.4 Å². The lowest BCUT2D eigenvalue weighted by molar-refractivity contribution is -0.152. The van der Waals surface area contributed by atoms with Crippen molar-refractivity contribution in [3.05, 3.63) is 60.2 Å². The Morgan fingerprint density at radius 2 is 1.74 bits per heavy atom. The number of anilines is 1. The van der Waals surface area contributed by atoms with E-state index in [1.807, 2.05) is 42.5 Å². The number of nitrogens with one attached hydrogen (secondary N) is 1. The van der Waals surface area contributed by atoms with E-state index in [4.69, 9.17) is 4.74 Å². The second-order valence-corrected chi connectivity index (χ2v) is 7.95. The van der Waals surface area contributed by atoms with Crippen LogP contribution in [0.1, 0.15) is 5.56 Å². The Hall–Kier alpha value is -3.63. The highest BCUT2D eigenvalue weighted by atomic mass is 16.5. The summed E-state index contributed by atoms with van der Waals surface area (Å²) >= 11 is 0. The van der Waals surface area contributed by atoms with Crippen LogP contribution >= 0.6 is 0 Å². The Bertz CT molecular complexity index is 1000. The summed E-state index contributed by atoms with van der Waals surface area (Å²) in [6.07, 6.45) is -3.83. The number of hydrogen-bond acceptors (Lipinski definition) is 6. The molecule has 0 saturated carbocycles. The molecule has 2 unspecified atom stereocenters. The van der Waals surface area contributed by atoms with E-state index in [1.54, 1.807) is 21.9 Å². The molecule has 1 aliphatic rings. The van der Waals surface area contributed by atoms with Crippen LogP contribution in [-0.2, 0) is 16.1 Å². The zero-order valence-electron chi connectivity index (χ0n) is 19.3. The highest BCUT2D eigenvalue weighted by Gasteiger charge is 2.33. The van der Waals surface area contributed by atoms with Crippen LogP contribution in [0.5, 0.6) is 5.75 Å². The van der Waals surface area contributed by atoms with Gasteiger partial charge in [-0.3, -0.25) is 14.5 Å². The summed E-state index contributed by atoms with van der Waals surface area (Å²) in [4.78, 5) is 41.8. The summed E-state index contributed by atoms with van der Waals surface area (Å²) < 4.78 is 5.32. The van der Waals surface area contributed by atoms with E-state index < -0.39 is 24.0 Å². The number of rotatable bonds is 10. The monoisotopic (exact) mass is 470 g/mol. The van der Waals surface area contributed by atoms with Crippen LogP contribution < -0.4 is 15.0 Å². The average molecular weight is 471 g/mol. The van der Waals surface area contributed by atoms with E-state index in [9.17, 15) is 24.6 Å². The fraction of sp³-hybridized carbons (Fsp3) is 0.375. The number of aliphatic hydroxyl groups excluding tert-OH is 2. The number of nitrogens with zero attached hydrogens (tertiary/aromatic N) is 3. The van der Waals surface area contributed by atoms with Crippen LogP contribution in [0.2, 0.25) is 0 Å². The van der Waals surface area contributed by atoms with Gasteiger partial charge in [0.15, 0.2) is 12.2 Å². The number of methoxy groups -OCH3 is 1. The van der Waals surface area contributed by atoms with Crippen molar-refractivity contribution in [2.75, 3.05) is 45.2 Å². The predicted octanol–water partition coefficient (Wildman–Crippen LogP) is 0.434. The Balaban J connectivity index is 1.47. The molecule has 2 atom stereocenters. The third-order valence-corrected chi connectivity index (χ3v) is 5.61. The number of urea groups is 1. The van der Waals surface area contributed by atoms with Crippen LogP contribution in [0.15, 0.2) is 54.6 Å². The molecule has 0 bridgehead atoms. The molecule has 0 aliphatic carbocycles. The summed E-state index contributed by atoms with van der Waals surface area (Å²) in [7, 11) is 3.02. The Morgan fingerprint density at radius 1 is 1.06 bits per heavy atom. The van der Waals surface area contributed by atoms with E-state index in [0.717, 1.165) is 5.56 Å². The maximum atomic E-state index is 12.8. The minimum Gasteiger partial charge on any atom is -0.495 e. The normalized spacial score (nSPS) is 15.1. The van der Waals surface area contributed by atoms with Crippen molar-refractivity contribution in [3.8, 4) is 5.75 Å². The number of benzene rings is 2. The fourth-order valence-corrected chi connectivity index (χ4v) is 3.72. The van der Waals surface area contributed by atoms with Crippen molar-refractivity contribution in [2.45, 2.75) is 18.8 Å². The van der Waals surface area contributed by atoms with Crippen LogP contribution in [0, 0.1) is 0 Å². The molecule has 0 radical (unpaired) electrons. The van der Waals surface area contributed by atoms with Gasteiger partial charge in [0.2, 0.25) is 0 Å². The molecule has 1 heterocycles. The molecular formula is C24H30N4O6. The van der Waals surface area contributed by atoms with Gasteiger partial charge in [-0.1, -0.05) is 42.5 Å². The maximum absolute atomic E-state index is 12.8. The van der Waals surface area contributed by atoms with Gasteiger partial charge in [-0.15, -0.1) is 0 Å². The molecule has 3 N–H and O–H groups in total. The van der Waals surface area contributed by atoms with Gasteiger partial charge in [0.25, 0.3) is 11.8 Å². The summed E-state index contributed by atoms with van der Waals surface area (Å²) in [5.41, 5.74) is 1.51. The second kappa shape index (κ2) is 11.5. The largest absolute Gasteiger partial charge is 0.495 e. The van der Waals surface area contributed by atoms with Gasteiger partial charge in [0, 0.05) is 39.8 Å². The summed E-state index contributed by atoms with van der Waals surface area (Å²) in [5.74, 6) is -1.07. The smallest absolute Gasteiger partial charge is 0.324 e. The molecule has 2 aromatic carbocycles. The third-order valence-electron chi connectivity index (χ3n) is 5.61. The second-order valence-electron chi connectivity index (χ2n) is 7.95. The van der Waals surface area contributed by atoms with E-state index in [-0.39, 0.29) is 25.7 Å². The van der Waals surface area contributed by atoms with Gasteiger partial charge in [-0.2, -0.15) is 0 Å². The summed E-state index contributed by atoms with van der Waals surface area (Å²) in [6.45, 7) is 1.42. The average Bonchev–Trinajstić information content (AvgIpc) is 3.22. The lowest BCUT2D eigenvalue weighted by Gasteiger charge is -2.24. The highest BCUT2D eigenvalue weighted by Crippen LogP contribution is 2.30. The van der Waals surface area contributed by atoms with Crippen molar-refractivity contribution in [1.82, 2.24) is 15.1 Å². The zero-order valence-corrected chi connectivity index (χ0v) is 19.3. The predicted molar refractivity (Wildman–Crippen MR) is 125 cm³/mol. The van der Waals surface area contributed by atoms with Crippen LogP contribution in [0.25, 0.3) is 0 Å². The Kier molecular flexibility index (Phi) is 8.44. The van der Waals surface area contributed by atoms with Gasteiger partial charge >= 0.3 is 6.03 Å². The van der Waals surface area contributed by atoms with Gasteiger partial charge in [0.05, 0.1) is 12.8 Å². The van der Waals surface area contributed by atoms with Gasteiger partial charge in [-0.05, 0) is 17.7 Å². The van der Waals surface area contributed by atoms with Crippen LogP contribution in [0.3, 0.4) is 0 Å². The molecule has 2 aromatic rings. The molecule has 0 spiro atoms. The van der Waals surface area contributed by atoms with Crippen molar-refractivity contribution in [3.63, 3.8) is 0 Å². The Morgan fingerprint density at radius 3 is 2.44 bits per heavy atom. The minimum absolute atomic E-state index is 0.0577. The molecule has 0 aromatic heterocycles. The first kappa shape index (κ1) is 25.0. The number of hydrogen-bond donors (Lipinski definition) is 3. The minimum atomic E-state index is -1.93. The topological polar surface area (TPSA) is 123 Å². The molecule has 1 aliphatic heterocycles. The number of para-hydroxylation sites is 2. The van der Waals surface area contributed by atoms with Crippen molar-refractivity contribution in [1.29, 1.82) is 0 Å². The maximum Gasteiger partial charge on any atom is 0.324 e. The quantitative estimate of drug-likeness (QED) is 0.463. The van der Waals surface area contributed by atoms with E-state index >= 15 is 0 Å². The third kappa shape index (κ3) is 5.83. The fourth-order valence-electron chi connectivity index (χ4n) is 3.72. The zero-order chi connectivity index (χ0) is 24.7. The number of carbonyl (C=O) groups is 3. The summed E-state index contributed by atoms with van der Waals surface area (Å²) in [6, 6.07) is 16.1. The van der Waals surface area contributed by atoms with Gasteiger partial charge in [-0.25, -0.2) is 4.79 Å². The van der Waals surface area contributed by atoms with E-state index in [0.29, 0.717) is 24.5 Å². The number of amides is 4. The molecule has 4 amide bonds. The van der Waals surface area contributed by atoms with Crippen molar-refractivity contribution in [2.24, 2.45) is 0 Å². The van der Waals surface area contributed by atoms with Crippen LogP contribution in [0.4, 0.5) is 10.5 Å². The molecule has 10 nitrogen and oxygen atoms in total. The number of aliphatic hydroxyl groups is 2. The van der Waals surface area contributed by atoms with E-state index in [1.165, 1.54) is 19.1 Å². The number of ether oxygens (including phenoxy) is 1. The Labute approximate surface area is 198 Å². The molecule has 3 rings (SSSR count). The lowest BCUT2D eigenvalue weighted by atomic mass is 10.1. The molecular weight excluding hydrogens is 440 g/mol. The molecule has 1 saturated heterocycles. The molecule has 34 heavy (non-hydrogen) atoms. The van der Waals surface area contributed by atoms with E-state index in [2.05, 4.69) is 5.32 Å². The first-order valence-electron chi connectivity index (χ1n) is 11.0. The highest BCUT2D eigenvalue weighted by molar-refractivity contribution is 5.95. The SMILES string of the molecule is COc1ccccc1N1CCN(CCNC(=O)C(O)C(O)C(=O)N(C)Cc2ccccc2)C1=O. The molecule has 182 valence electrons. The van der Waals surface area contributed by atoms with Gasteiger partial charge < -0.3 is 30.1 Å². The molecule has 10 heteroatoms. The standard InChI is InChI=1S/C24H30N4O6/c1-26(16-17-8-4-3-5-9-17)23(32)21(30)20(29)22(31)25-12-13-27-14-15-28(24(27)33)18-10-6-7-11-19(18)34-2/h3-11,20-21,29-30H,12-16H2,1-2H3,(H,25,31). The lowest BCUT2D eigenvalue weighted by Crippen LogP contribution is -2.50. The van der Waals surface area contributed by atoms with Crippen molar-refractivity contribution >= 4 is 23.5 Å². The van der Waals surface area contributed by atoms with Crippen molar-refractivity contribution < 1.29 is 29.3 Å². The first-order valence-corrected chi connectivity index (χ1v) is 11.0. The number of likely N-dealkylation sites (N-methyl/N-ethyl adjacent to an activating group) is 1. The molecule has 1 fully saturated rings.